The lowest BCUT2D eigenvalue weighted by molar-refractivity contribution is -0.161. The third-order valence-electron chi connectivity index (χ3n) is 21.1. The maximum absolute atomic E-state index is 13.2. The first-order chi connectivity index (χ1) is 52.1. The van der Waals surface area contributed by atoms with Gasteiger partial charge in [0, 0.05) is 25.7 Å². The van der Waals surface area contributed by atoms with E-state index < -0.39 is 97.5 Å². The Morgan fingerprint density at radius 3 is 0.664 bits per heavy atom. The lowest BCUT2D eigenvalue weighted by Gasteiger charge is -2.21. The Hall–Kier alpha value is -1.94. The van der Waals surface area contributed by atoms with Crippen molar-refractivity contribution in [2.24, 2.45) is 5.92 Å². The Morgan fingerprint density at radius 1 is 0.262 bits per heavy atom. The number of hydrogen-bond donors (Lipinski definition) is 3. The summed E-state index contributed by atoms with van der Waals surface area (Å²) in [5, 5.41) is 10.7. The molecule has 107 heavy (non-hydrogen) atoms. The van der Waals surface area contributed by atoms with Crippen LogP contribution in [0.1, 0.15) is 478 Å². The third-order valence-corrected chi connectivity index (χ3v) is 23.0. The predicted molar refractivity (Wildman–Crippen MR) is 442 cm³/mol. The molecule has 0 aliphatic carbocycles. The van der Waals surface area contributed by atoms with Crippen molar-refractivity contribution in [3.05, 3.63) is 0 Å². The summed E-state index contributed by atoms with van der Waals surface area (Å²) < 4.78 is 69.0. The maximum Gasteiger partial charge on any atom is 0.472 e. The van der Waals surface area contributed by atoms with E-state index in [-0.39, 0.29) is 25.7 Å². The Labute approximate surface area is 658 Å². The van der Waals surface area contributed by atoms with Crippen molar-refractivity contribution in [2.75, 3.05) is 39.6 Å². The van der Waals surface area contributed by atoms with Gasteiger partial charge in [0.25, 0.3) is 0 Å². The minimum Gasteiger partial charge on any atom is -0.462 e. The van der Waals surface area contributed by atoms with E-state index in [9.17, 15) is 43.2 Å². The van der Waals surface area contributed by atoms with Gasteiger partial charge in [-0.05, 0) is 31.6 Å². The Balaban J connectivity index is 5.22. The van der Waals surface area contributed by atoms with Gasteiger partial charge < -0.3 is 33.8 Å². The van der Waals surface area contributed by atoms with Crippen LogP contribution in [0.2, 0.25) is 0 Å². The minimum atomic E-state index is -4.97. The molecule has 0 aromatic carbocycles. The molecule has 0 aliphatic heterocycles. The van der Waals surface area contributed by atoms with Gasteiger partial charge in [0.05, 0.1) is 26.4 Å². The van der Waals surface area contributed by atoms with Crippen LogP contribution >= 0.6 is 15.6 Å². The molecular weight excluding hydrogens is 1390 g/mol. The summed E-state index contributed by atoms with van der Waals surface area (Å²) in [5.74, 6) is -1.37. The van der Waals surface area contributed by atoms with Crippen LogP contribution in [-0.4, -0.2) is 96.7 Å². The summed E-state index contributed by atoms with van der Waals surface area (Å²) in [7, 11) is -9.93. The number of rotatable bonds is 88. The second-order valence-corrected chi connectivity index (χ2v) is 34.8. The summed E-state index contributed by atoms with van der Waals surface area (Å²) in [5.41, 5.74) is 0. The van der Waals surface area contributed by atoms with Crippen molar-refractivity contribution in [3.8, 4) is 0 Å². The number of carbonyl (C=O) groups excluding carboxylic acids is 4. The van der Waals surface area contributed by atoms with Crippen molar-refractivity contribution >= 4 is 39.5 Å². The zero-order valence-corrected chi connectivity index (χ0v) is 72.1. The first-order valence-electron chi connectivity index (χ1n) is 45.7. The molecule has 0 saturated carbocycles. The number of hydrogen-bond acceptors (Lipinski definition) is 15. The first kappa shape index (κ1) is 105. The Morgan fingerprint density at radius 2 is 0.449 bits per heavy atom. The standard InChI is InChI=1S/C88H172O17P2/c1-6-10-13-16-19-22-25-28-31-34-37-40-43-46-49-52-55-61-66-71-85(90)98-77-83(104-87(92)73-68-63-56-53-50-47-44-41-38-35-32-29-26-23-20-17-14-11-7-2)79-102-106(94,95)100-75-82(89)76-101-107(96,97)103-80-84(78-99-86(91)72-67-62-59-58-60-65-70-81(5)9-4)105-88(93)74-69-64-57-54-51-48-45-42-39-36-33-30-27-24-21-18-15-12-8-3/h81-84,89H,6-80H2,1-5H3,(H,94,95)(H,96,97)/t81?,82-,83-,84-/m1/s1. The summed E-state index contributed by atoms with van der Waals surface area (Å²) in [6, 6.07) is 0. The molecule has 0 amide bonds. The van der Waals surface area contributed by atoms with E-state index in [1.807, 2.05) is 0 Å². The molecular formula is C88H172O17P2. The van der Waals surface area contributed by atoms with Gasteiger partial charge in [0.1, 0.15) is 19.3 Å². The van der Waals surface area contributed by atoms with Crippen molar-refractivity contribution in [1.29, 1.82) is 0 Å². The van der Waals surface area contributed by atoms with Gasteiger partial charge in [-0.25, -0.2) is 9.13 Å². The molecule has 0 bridgehead atoms. The number of esters is 4. The summed E-state index contributed by atoms with van der Waals surface area (Å²) >= 11 is 0. The van der Waals surface area contributed by atoms with E-state index in [2.05, 4.69) is 34.6 Å². The zero-order chi connectivity index (χ0) is 78.3. The molecule has 3 N–H and O–H groups in total. The summed E-state index contributed by atoms with van der Waals surface area (Å²) in [4.78, 5) is 73.3. The van der Waals surface area contributed by atoms with Crippen molar-refractivity contribution < 1.29 is 80.2 Å². The molecule has 17 nitrogen and oxygen atoms in total. The number of unbranched alkanes of at least 4 members (excludes halogenated alkanes) is 59. The van der Waals surface area contributed by atoms with Gasteiger partial charge in [-0.1, -0.05) is 426 Å². The van der Waals surface area contributed by atoms with Crippen molar-refractivity contribution in [2.45, 2.75) is 496 Å². The molecule has 0 rings (SSSR count). The highest BCUT2D eigenvalue weighted by atomic mass is 31.2. The highest BCUT2D eigenvalue weighted by Crippen LogP contribution is 2.45. The van der Waals surface area contributed by atoms with Gasteiger partial charge in [0.15, 0.2) is 12.2 Å². The van der Waals surface area contributed by atoms with Crippen LogP contribution in [0.3, 0.4) is 0 Å². The molecule has 19 heteroatoms. The molecule has 6 atom stereocenters. The van der Waals surface area contributed by atoms with E-state index in [0.717, 1.165) is 102 Å². The van der Waals surface area contributed by atoms with E-state index >= 15 is 0 Å². The number of carbonyl (C=O) groups is 4. The maximum atomic E-state index is 13.2. The van der Waals surface area contributed by atoms with Gasteiger partial charge >= 0.3 is 39.5 Å². The first-order valence-corrected chi connectivity index (χ1v) is 48.7. The average molecular weight is 1560 g/mol. The topological polar surface area (TPSA) is 237 Å². The quantitative estimate of drug-likeness (QED) is 0.0222. The lowest BCUT2D eigenvalue weighted by atomic mass is 10.00. The van der Waals surface area contributed by atoms with Crippen LogP contribution in [0.15, 0.2) is 0 Å². The number of aliphatic hydroxyl groups is 1. The van der Waals surface area contributed by atoms with Crippen LogP contribution < -0.4 is 0 Å². The van der Waals surface area contributed by atoms with E-state index in [4.69, 9.17) is 37.0 Å². The van der Waals surface area contributed by atoms with Crippen LogP contribution in [0.5, 0.6) is 0 Å². The van der Waals surface area contributed by atoms with Gasteiger partial charge in [-0.2, -0.15) is 0 Å². The monoisotopic (exact) mass is 1560 g/mol. The zero-order valence-electron chi connectivity index (χ0n) is 70.3. The second-order valence-electron chi connectivity index (χ2n) is 31.9. The fourth-order valence-electron chi connectivity index (χ4n) is 13.8. The molecule has 0 radical (unpaired) electrons. The summed E-state index contributed by atoms with van der Waals surface area (Å²) in [6.45, 7) is 7.34. The van der Waals surface area contributed by atoms with Crippen molar-refractivity contribution in [1.82, 2.24) is 0 Å². The van der Waals surface area contributed by atoms with E-state index in [1.165, 1.54) is 295 Å². The average Bonchev–Trinajstić information content (AvgIpc) is 0.949. The second kappa shape index (κ2) is 80.7. The number of phosphoric ester groups is 2. The molecule has 0 aromatic rings. The summed E-state index contributed by atoms with van der Waals surface area (Å²) in [6.07, 6.45) is 75.1. The Bertz CT molecular complexity index is 2030. The van der Waals surface area contributed by atoms with Gasteiger partial charge in [-0.3, -0.25) is 37.3 Å². The lowest BCUT2D eigenvalue weighted by Crippen LogP contribution is -2.30. The smallest absolute Gasteiger partial charge is 0.462 e. The fourth-order valence-corrected chi connectivity index (χ4v) is 15.4. The normalized spacial score (nSPS) is 14.0. The number of phosphoric acid groups is 2. The molecule has 0 heterocycles. The molecule has 0 fully saturated rings. The molecule has 0 aromatic heterocycles. The SMILES string of the molecule is CCCCCCCCCCCCCCCCCCCCCC(=O)OC[C@H](COP(=O)(O)OC[C@@H](O)COP(=O)(O)OC[C@@H](COC(=O)CCCCCCCCC(C)CC)OC(=O)CCCCCCCCCCCCCCCCCCCCC)OC(=O)CCCCCCCCCCCCCCCCCCCCC. The highest BCUT2D eigenvalue weighted by molar-refractivity contribution is 7.47. The van der Waals surface area contributed by atoms with E-state index in [0.29, 0.717) is 25.7 Å². The molecule has 0 aliphatic rings. The van der Waals surface area contributed by atoms with E-state index in [1.54, 1.807) is 0 Å². The van der Waals surface area contributed by atoms with Gasteiger partial charge in [-0.15, -0.1) is 0 Å². The van der Waals surface area contributed by atoms with Crippen LogP contribution in [0, 0.1) is 5.92 Å². The molecule has 636 valence electrons. The van der Waals surface area contributed by atoms with Crippen LogP contribution in [0.25, 0.3) is 0 Å². The minimum absolute atomic E-state index is 0.108. The highest BCUT2D eigenvalue weighted by Gasteiger charge is 2.30. The molecule has 3 unspecified atom stereocenters. The fraction of sp³-hybridized carbons (Fsp3) is 0.955. The predicted octanol–water partition coefficient (Wildman–Crippen LogP) is 27.2. The third kappa shape index (κ3) is 80.5. The van der Waals surface area contributed by atoms with Gasteiger partial charge in [0.2, 0.25) is 0 Å². The van der Waals surface area contributed by atoms with Crippen LogP contribution in [-0.2, 0) is 65.4 Å². The Kier molecular flexibility index (Phi) is 79.2. The number of ether oxygens (including phenoxy) is 4. The van der Waals surface area contributed by atoms with Crippen molar-refractivity contribution in [3.63, 3.8) is 0 Å². The molecule has 0 saturated heterocycles. The number of aliphatic hydroxyl groups excluding tert-OH is 1. The molecule has 0 spiro atoms. The van der Waals surface area contributed by atoms with Crippen LogP contribution in [0.4, 0.5) is 0 Å². The largest absolute Gasteiger partial charge is 0.472 e.